The minimum Gasteiger partial charge on any atom is -0.343 e. The van der Waals surface area contributed by atoms with Gasteiger partial charge in [0, 0.05) is 18.1 Å². The summed E-state index contributed by atoms with van der Waals surface area (Å²) in [6.45, 7) is -0.117. The molecule has 0 atom stereocenters. The molecule has 4 rings (SSSR count). The van der Waals surface area contributed by atoms with Crippen LogP contribution in [0.5, 0.6) is 0 Å². The topological polar surface area (TPSA) is 80.0 Å². The number of benzene rings is 1. The van der Waals surface area contributed by atoms with E-state index in [9.17, 15) is 18.0 Å². The lowest BCUT2D eigenvalue weighted by Gasteiger charge is -2.09. The van der Waals surface area contributed by atoms with Gasteiger partial charge in [0.05, 0.1) is 12.1 Å². The van der Waals surface area contributed by atoms with Crippen LogP contribution in [-0.2, 0) is 12.7 Å². The first-order valence-electron chi connectivity index (χ1n) is 8.39. The molecule has 148 valence electrons. The number of alkyl halides is 3. The molecule has 0 bridgehead atoms. The summed E-state index contributed by atoms with van der Waals surface area (Å²) in [6, 6.07) is 11.2. The number of carbonyl (C=O) groups excluding carboxylic acids is 1. The van der Waals surface area contributed by atoms with Gasteiger partial charge < -0.3 is 10.3 Å². The third-order valence-electron chi connectivity index (χ3n) is 4.23. The molecule has 0 saturated heterocycles. The van der Waals surface area contributed by atoms with Crippen molar-refractivity contribution in [2.45, 2.75) is 12.7 Å². The van der Waals surface area contributed by atoms with E-state index in [1.54, 1.807) is 16.7 Å². The number of nitrogens with one attached hydrogen (secondary N) is 2. The third-order valence-corrected chi connectivity index (χ3v) is 4.53. The van der Waals surface area contributed by atoms with Crippen molar-refractivity contribution in [1.29, 1.82) is 0 Å². The molecule has 0 fully saturated rings. The van der Waals surface area contributed by atoms with Gasteiger partial charge in [-0.1, -0.05) is 18.2 Å². The number of aromatic nitrogens is 5. The van der Waals surface area contributed by atoms with Crippen LogP contribution in [0.25, 0.3) is 11.3 Å². The zero-order valence-corrected chi connectivity index (χ0v) is 15.5. The number of nitrogens with zero attached hydrogens (tertiary/aromatic N) is 4. The van der Waals surface area contributed by atoms with Crippen LogP contribution in [0, 0.1) is 4.77 Å². The summed E-state index contributed by atoms with van der Waals surface area (Å²) in [5, 5.41) is 10.3. The smallest absolute Gasteiger partial charge is 0.343 e. The summed E-state index contributed by atoms with van der Waals surface area (Å²) in [6.07, 6.45) is -2.13. The number of rotatable bonds is 4. The number of H-pyrrole nitrogens is 1. The van der Waals surface area contributed by atoms with Crippen LogP contribution in [0.3, 0.4) is 0 Å². The molecule has 3 aromatic heterocycles. The molecule has 2 N–H and O–H groups in total. The van der Waals surface area contributed by atoms with Gasteiger partial charge in [-0.25, -0.2) is 0 Å². The summed E-state index contributed by atoms with van der Waals surface area (Å²) < 4.78 is 42.0. The molecule has 7 nitrogen and oxygen atoms in total. The van der Waals surface area contributed by atoms with Crippen molar-refractivity contribution in [3.8, 4) is 5.69 Å². The number of imidazole rings is 1. The minimum absolute atomic E-state index is 0.117. The molecule has 0 unspecified atom stereocenters. The van der Waals surface area contributed by atoms with Gasteiger partial charge in [-0.15, -0.1) is 10.2 Å². The van der Waals surface area contributed by atoms with Crippen LogP contribution in [0.4, 0.5) is 13.2 Å². The van der Waals surface area contributed by atoms with E-state index in [0.29, 0.717) is 10.5 Å². The van der Waals surface area contributed by atoms with Gasteiger partial charge in [0.1, 0.15) is 5.69 Å². The molecular formula is C18H13F3N6OS. The highest BCUT2D eigenvalue weighted by molar-refractivity contribution is 7.71. The van der Waals surface area contributed by atoms with E-state index in [-0.39, 0.29) is 23.7 Å². The molecule has 0 aliphatic rings. The van der Waals surface area contributed by atoms with Gasteiger partial charge >= 0.3 is 6.18 Å². The highest BCUT2D eigenvalue weighted by Gasteiger charge is 2.31. The predicted octanol–water partition coefficient (Wildman–Crippen LogP) is 3.53. The first-order valence-corrected chi connectivity index (χ1v) is 8.80. The van der Waals surface area contributed by atoms with Crippen LogP contribution < -0.4 is 5.32 Å². The SMILES string of the molecule is O=C(NCc1nnc2ccc(C(F)(F)F)cn12)c1c[nH]c(=S)n1-c1ccccc1. The van der Waals surface area contributed by atoms with Crippen LogP contribution in [0.1, 0.15) is 21.9 Å². The van der Waals surface area contributed by atoms with E-state index < -0.39 is 17.6 Å². The molecule has 0 saturated carbocycles. The zero-order valence-electron chi connectivity index (χ0n) is 14.6. The van der Waals surface area contributed by atoms with Gasteiger partial charge in [0.25, 0.3) is 5.91 Å². The Balaban J connectivity index is 1.59. The van der Waals surface area contributed by atoms with Crippen molar-refractivity contribution in [3.63, 3.8) is 0 Å². The molecule has 11 heteroatoms. The Hall–Kier alpha value is -3.47. The Morgan fingerprint density at radius 3 is 2.62 bits per heavy atom. The maximum absolute atomic E-state index is 13.0. The van der Waals surface area contributed by atoms with Crippen molar-refractivity contribution in [2.75, 3.05) is 0 Å². The van der Waals surface area contributed by atoms with E-state index in [1.165, 1.54) is 16.7 Å². The van der Waals surface area contributed by atoms with E-state index in [1.807, 2.05) is 18.2 Å². The first kappa shape index (κ1) is 18.9. The molecule has 1 amide bonds. The summed E-state index contributed by atoms with van der Waals surface area (Å²) >= 11 is 5.24. The molecule has 0 spiro atoms. The average Bonchev–Trinajstić information content (AvgIpc) is 3.29. The molecule has 1 aromatic carbocycles. The van der Waals surface area contributed by atoms with Gasteiger partial charge in [-0.3, -0.25) is 13.8 Å². The number of amides is 1. The molecule has 3 heterocycles. The second kappa shape index (κ2) is 7.17. The van der Waals surface area contributed by atoms with Crippen molar-refractivity contribution in [2.24, 2.45) is 0 Å². The summed E-state index contributed by atoms with van der Waals surface area (Å²) in [5.74, 6) is -0.301. The summed E-state index contributed by atoms with van der Waals surface area (Å²) in [7, 11) is 0. The van der Waals surface area contributed by atoms with Crippen LogP contribution >= 0.6 is 12.2 Å². The maximum Gasteiger partial charge on any atom is 0.417 e. The largest absolute Gasteiger partial charge is 0.417 e. The molecule has 29 heavy (non-hydrogen) atoms. The van der Waals surface area contributed by atoms with Gasteiger partial charge in [-0.05, 0) is 36.5 Å². The molecule has 0 aliphatic heterocycles. The number of fused-ring (bicyclic) bond motifs is 1. The van der Waals surface area contributed by atoms with E-state index in [4.69, 9.17) is 12.2 Å². The van der Waals surface area contributed by atoms with E-state index in [0.717, 1.165) is 12.3 Å². The number of aromatic amines is 1. The van der Waals surface area contributed by atoms with Gasteiger partial charge in [0.15, 0.2) is 16.2 Å². The molecular weight excluding hydrogens is 405 g/mol. The lowest BCUT2D eigenvalue weighted by molar-refractivity contribution is -0.137. The van der Waals surface area contributed by atoms with E-state index >= 15 is 0 Å². The van der Waals surface area contributed by atoms with Crippen LogP contribution in [0.2, 0.25) is 0 Å². The Kier molecular flexibility index (Phi) is 4.66. The Morgan fingerprint density at radius 2 is 1.90 bits per heavy atom. The second-order valence-corrected chi connectivity index (χ2v) is 6.48. The maximum atomic E-state index is 13.0. The van der Waals surface area contributed by atoms with Crippen molar-refractivity contribution >= 4 is 23.8 Å². The monoisotopic (exact) mass is 418 g/mol. The number of hydrogen-bond acceptors (Lipinski definition) is 4. The Bertz CT molecular complexity index is 1240. The normalized spacial score (nSPS) is 11.7. The fraction of sp³-hybridized carbons (Fsp3) is 0.111. The lowest BCUT2D eigenvalue weighted by atomic mass is 10.3. The number of halogens is 3. The standard InChI is InChI=1S/C18H13F3N6OS/c19-18(20,21)11-6-7-14-24-25-15(26(14)10-11)9-22-16(28)13-8-23-17(29)27(13)12-4-2-1-3-5-12/h1-8,10H,9H2,(H,22,28)(H,23,29). The van der Waals surface area contributed by atoms with Crippen molar-refractivity contribution in [1.82, 2.24) is 29.5 Å². The number of pyridine rings is 1. The van der Waals surface area contributed by atoms with Crippen LogP contribution in [-0.4, -0.2) is 30.1 Å². The number of carbonyl (C=O) groups is 1. The lowest BCUT2D eigenvalue weighted by Crippen LogP contribution is -2.26. The summed E-state index contributed by atoms with van der Waals surface area (Å²) in [5.41, 5.74) is 0.370. The Morgan fingerprint density at radius 1 is 1.14 bits per heavy atom. The van der Waals surface area contributed by atoms with Crippen molar-refractivity contribution in [3.05, 3.63) is 76.7 Å². The molecule has 0 radical (unpaired) electrons. The molecule has 0 aliphatic carbocycles. The fourth-order valence-corrected chi connectivity index (χ4v) is 3.11. The Labute approximate surface area is 166 Å². The van der Waals surface area contributed by atoms with Crippen LogP contribution in [0.15, 0.2) is 54.9 Å². The molecule has 4 aromatic rings. The van der Waals surface area contributed by atoms with E-state index in [2.05, 4.69) is 20.5 Å². The van der Waals surface area contributed by atoms with Crippen molar-refractivity contribution < 1.29 is 18.0 Å². The number of hydrogen-bond donors (Lipinski definition) is 2. The second-order valence-electron chi connectivity index (χ2n) is 6.09. The predicted molar refractivity (Wildman–Crippen MR) is 100 cm³/mol. The van der Waals surface area contributed by atoms with Gasteiger partial charge in [0.2, 0.25) is 0 Å². The highest BCUT2D eigenvalue weighted by Crippen LogP contribution is 2.29. The quantitative estimate of drug-likeness (QED) is 0.497. The number of para-hydroxylation sites is 1. The average molecular weight is 418 g/mol. The highest BCUT2D eigenvalue weighted by atomic mass is 32.1. The summed E-state index contributed by atoms with van der Waals surface area (Å²) in [4.78, 5) is 15.5. The minimum atomic E-state index is -4.49. The first-order chi connectivity index (χ1) is 13.8. The van der Waals surface area contributed by atoms with Gasteiger partial charge in [-0.2, -0.15) is 13.2 Å². The third kappa shape index (κ3) is 3.63. The fourth-order valence-electron chi connectivity index (χ4n) is 2.85. The zero-order chi connectivity index (χ0) is 20.6.